The maximum Gasteiger partial charge on any atom is 0.406 e. The number of amides is 3. The molecule has 4 aliphatic carbocycles. The van der Waals surface area contributed by atoms with Crippen LogP contribution in [0.1, 0.15) is 122 Å². The number of hydrogen-bond acceptors (Lipinski definition) is 14. The number of alkyl halides is 3. The number of likely N-dealkylation sites (tertiary alicyclic amines) is 2. The van der Waals surface area contributed by atoms with Gasteiger partial charge in [-0.2, -0.15) is 13.2 Å². The Morgan fingerprint density at radius 1 is 0.894 bits per heavy atom. The number of benzene rings is 1. The topological polar surface area (TPSA) is 160 Å². The number of carbonyl (C=O) groups excluding carboxylic acids is 4. The smallest absolute Gasteiger partial charge is 0.406 e. The van der Waals surface area contributed by atoms with Gasteiger partial charge in [-0.1, -0.05) is 26.7 Å². The first-order valence-electron chi connectivity index (χ1n) is 32.2. The summed E-state index contributed by atoms with van der Waals surface area (Å²) < 4.78 is 66.1. The number of halogens is 3. The molecule has 85 heavy (non-hydrogen) atoms. The second kappa shape index (κ2) is 22.2. The zero-order valence-electron chi connectivity index (χ0n) is 50.4. The molecule has 3 amide bonds. The second-order valence-corrected chi connectivity index (χ2v) is 28.5. The van der Waals surface area contributed by atoms with E-state index in [2.05, 4.69) is 47.2 Å². The summed E-state index contributed by atoms with van der Waals surface area (Å²) >= 11 is 0. The number of ether oxygens (including phenoxy) is 3. The highest BCUT2D eigenvalue weighted by molar-refractivity contribution is 5.95. The van der Waals surface area contributed by atoms with Crippen molar-refractivity contribution in [3.05, 3.63) is 41.7 Å². The van der Waals surface area contributed by atoms with E-state index in [1.807, 2.05) is 45.2 Å². The maximum absolute atomic E-state index is 15.4. The largest absolute Gasteiger partial charge is 0.464 e. The highest BCUT2D eigenvalue weighted by Crippen LogP contribution is 2.50. The Hall–Kier alpha value is -5.06. The molecule has 21 heteroatoms. The zero-order chi connectivity index (χ0) is 58.8. The third kappa shape index (κ3) is 11.2. The Kier molecular flexibility index (Phi) is 15.1. The summed E-state index contributed by atoms with van der Waals surface area (Å²) in [6.07, 6.45) is 8.36. The first-order chi connectivity index (χ1) is 40.8. The Morgan fingerprint density at radius 3 is 2.39 bits per heavy atom. The molecule has 4 saturated carbocycles. The van der Waals surface area contributed by atoms with E-state index in [4.69, 9.17) is 19.2 Å². The summed E-state index contributed by atoms with van der Waals surface area (Å²) in [5.74, 6) is -0.0381. The van der Waals surface area contributed by atoms with Gasteiger partial charge >= 0.3 is 12.1 Å². The lowest BCUT2D eigenvalue weighted by Crippen LogP contribution is -2.72. The molecule has 7 saturated heterocycles. The number of nitrogens with one attached hydrogen (secondary N) is 2. The number of pyridine rings is 1. The molecule has 462 valence electrons. The van der Waals surface area contributed by atoms with E-state index in [9.17, 15) is 9.59 Å². The summed E-state index contributed by atoms with van der Waals surface area (Å²) in [4.78, 5) is 78.1. The van der Waals surface area contributed by atoms with E-state index < -0.39 is 54.4 Å². The molecule has 11 fully saturated rings. The minimum atomic E-state index is -4.59. The lowest BCUT2D eigenvalue weighted by atomic mass is 9.73. The predicted molar refractivity (Wildman–Crippen MR) is 314 cm³/mol. The SMILES string of the molecule is CO[C@@H](C)c1ncc(N2CCN(C3CC3)CC2)cc1-c1c2c3cc(ccc3n1CC(F)(F)F)N1CCO[C@@H](C[C@H](NC(=O)[C@H](C3CCCC3)N3CC[C@]4(CCN(C(=O)[C@H]5[C@@H](C6CC6)N5C)C4)C3)C(=O)N3N[C@H](C(=O)OCC(C)(C)C2)C2CC3C2)C1. The number of methoxy groups -OCH3 is 1. The third-order valence-corrected chi connectivity index (χ3v) is 22.0. The molecule has 0 radical (unpaired) electrons. The second-order valence-electron chi connectivity index (χ2n) is 28.5. The molecule has 1 spiro atoms. The van der Waals surface area contributed by atoms with Crippen LogP contribution in [0.5, 0.6) is 0 Å². The fourth-order valence-electron chi connectivity index (χ4n) is 16.9. The summed E-state index contributed by atoms with van der Waals surface area (Å²) in [5, 5.41) is 5.62. The number of esters is 1. The number of likely N-dealkylation sites (N-methyl/N-ethyl adjacent to an activating group) is 1. The van der Waals surface area contributed by atoms with Crippen LogP contribution in [-0.2, 0) is 46.4 Å². The molecule has 1 unspecified atom stereocenters. The van der Waals surface area contributed by atoms with Crippen molar-refractivity contribution in [2.24, 2.45) is 28.6 Å². The monoisotopic (exact) mass is 1180 g/mol. The Labute approximate surface area is 497 Å². The molecular formula is C64H88F3N11O7. The van der Waals surface area contributed by atoms with Gasteiger partial charge in [0.05, 0.1) is 54.7 Å². The molecule has 3 aromatic rings. The van der Waals surface area contributed by atoms with Crippen molar-refractivity contribution in [2.45, 2.75) is 178 Å². The van der Waals surface area contributed by atoms with Crippen molar-refractivity contribution >= 4 is 46.0 Å². The van der Waals surface area contributed by atoms with Gasteiger partial charge < -0.3 is 38.8 Å². The third-order valence-electron chi connectivity index (χ3n) is 22.0. The number of morpholine rings is 1. The highest BCUT2D eigenvalue weighted by Gasteiger charge is 2.60. The number of hydrazine groups is 1. The molecule has 2 aromatic heterocycles. The number of hydrogen-bond donors (Lipinski definition) is 2. The summed E-state index contributed by atoms with van der Waals surface area (Å²) in [5.41, 5.74) is 6.70. The fourth-order valence-corrected chi connectivity index (χ4v) is 16.9. The number of piperazine rings is 1. The van der Waals surface area contributed by atoms with Crippen molar-refractivity contribution in [1.29, 1.82) is 0 Å². The maximum atomic E-state index is 15.4. The molecule has 2 N–H and O–H groups in total. The molecule has 8 aliphatic heterocycles. The van der Waals surface area contributed by atoms with Crippen LogP contribution >= 0.6 is 0 Å². The van der Waals surface area contributed by atoms with Gasteiger partial charge in [0.15, 0.2) is 0 Å². The van der Waals surface area contributed by atoms with E-state index in [0.29, 0.717) is 90.5 Å². The number of aromatic nitrogens is 2. The molecule has 18 nitrogen and oxygen atoms in total. The minimum Gasteiger partial charge on any atom is -0.464 e. The number of cyclic esters (lactones) is 1. The standard InChI is InChI=1S/C64H88F3N11O7/c1-38(83-5)52-48(29-45(32-68-52)73-22-20-72(21-23-73)42-12-13-42)56-49-31-62(2,3)37-85-61(82)53-41-26-44(27-41)78(70-53)59(80)50(30-46-33-74(24-25-84-46)43-14-15-51(47(49)28-43)77(56)36-64(65,66)67)69-58(79)55(39-8-6-7-9-39)75-18-16-63(34-75)17-19-76(35-63)60(81)57-54(71(57)4)40-10-11-40/h14-15,28-29,32,38-42,44,46,50,53-55,57,70H,6-13,16-27,30-31,33-37H2,1-5H3,(H,69,79)/t38-,41?,44?,46-,50-,53-,54+,55-,57+,63-,71?/m0/s1. The molecule has 10 heterocycles. The minimum absolute atomic E-state index is 0.00993. The van der Waals surface area contributed by atoms with Crippen LogP contribution in [0.15, 0.2) is 30.5 Å². The normalized spacial score (nSPS) is 32.8. The van der Waals surface area contributed by atoms with Gasteiger partial charge in [0.1, 0.15) is 24.7 Å². The van der Waals surface area contributed by atoms with Crippen LogP contribution in [0.2, 0.25) is 0 Å². The van der Waals surface area contributed by atoms with Crippen molar-refractivity contribution < 1.29 is 46.6 Å². The van der Waals surface area contributed by atoms with Crippen LogP contribution in [0.4, 0.5) is 24.5 Å². The van der Waals surface area contributed by atoms with Gasteiger partial charge in [-0.3, -0.25) is 43.9 Å². The molecule has 9 atom stereocenters. The van der Waals surface area contributed by atoms with Crippen molar-refractivity contribution in [2.75, 3.05) is 103 Å². The number of carbonyl (C=O) groups is 4. The van der Waals surface area contributed by atoms with Gasteiger partial charge in [-0.15, -0.1) is 0 Å². The van der Waals surface area contributed by atoms with Gasteiger partial charge in [0, 0.05) is 124 Å². The molecule has 1 aromatic carbocycles. The fraction of sp³-hybridized carbons (Fsp3) is 0.734. The lowest BCUT2D eigenvalue weighted by Gasteiger charge is -2.53. The number of fused-ring (bicyclic) bond motifs is 4. The Morgan fingerprint density at radius 2 is 1.66 bits per heavy atom. The van der Waals surface area contributed by atoms with Crippen molar-refractivity contribution in [3.8, 4) is 11.3 Å². The van der Waals surface area contributed by atoms with E-state index in [1.165, 1.54) is 30.3 Å². The average molecular weight is 1180 g/mol. The Balaban J connectivity index is 0.793. The van der Waals surface area contributed by atoms with Crippen molar-refractivity contribution in [3.63, 3.8) is 0 Å². The summed E-state index contributed by atoms with van der Waals surface area (Å²) in [6, 6.07) is 6.25. The van der Waals surface area contributed by atoms with Crippen LogP contribution in [0.25, 0.3) is 22.2 Å². The van der Waals surface area contributed by atoms with Crippen molar-refractivity contribution in [1.82, 2.24) is 44.9 Å². The van der Waals surface area contributed by atoms with E-state index in [-0.39, 0.29) is 66.5 Å². The molecule has 15 rings (SSSR count). The average Bonchev–Trinajstić information content (AvgIpc) is 1.89. The van der Waals surface area contributed by atoms with E-state index in [1.54, 1.807) is 18.2 Å². The van der Waals surface area contributed by atoms with Gasteiger partial charge in [0.2, 0.25) is 11.8 Å². The number of anilines is 2. The van der Waals surface area contributed by atoms with Crippen LogP contribution in [-0.4, -0.2) is 205 Å². The Bertz CT molecular complexity index is 3060. The first-order valence-corrected chi connectivity index (χ1v) is 32.2. The van der Waals surface area contributed by atoms with Gasteiger partial charge in [-0.05, 0) is 139 Å². The molecule has 12 aliphatic rings. The summed E-state index contributed by atoms with van der Waals surface area (Å²) in [6.45, 7) is 12.0. The lowest BCUT2D eigenvalue weighted by molar-refractivity contribution is -0.171. The predicted octanol–water partition coefficient (Wildman–Crippen LogP) is 6.53. The number of nitrogens with zero attached hydrogens (tertiary/aromatic N) is 9. The first kappa shape index (κ1) is 57.7. The van der Waals surface area contributed by atoms with Crippen LogP contribution in [0.3, 0.4) is 0 Å². The quantitative estimate of drug-likeness (QED) is 0.149. The van der Waals surface area contributed by atoms with E-state index >= 15 is 22.8 Å². The summed E-state index contributed by atoms with van der Waals surface area (Å²) in [7, 11) is 3.67. The molecular weight excluding hydrogens is 1090 g/mol. The van der Waals surface area contributed by atoms with Crippen LogP contribution in [0, 0.1) is 28.6 Å². The zero-order valence-corrected chi connectivity index (χ0v) is 50.4. The van der Waals surface area contributed by atoms with Gasteiger partial charge in [0.25, 0.3) is 5.91 Å². The van der Waals surface area contributed by atoms with E-state index in [0.717, 1.165) is 95.7 Å². The van der Waals surface area contributed by atoms with Crippen LogP contribution < -0.4 is 20.5 Å². The number of rotatable bonds is 12. The highest BCUT2D eigenvalue weighted by atomic mass is 19.4. The molecule has 8 bridgehead atoms. The van der Waals surface area contributed by atoms with Gasteiger partial charge in [-0.25, -0.2) is 5.43 Å².